The van der Waals surface area contributed by atoms with Crippen LogP contribution < -0.4 is 0 Å². The number of rotatable bonds is 3. The van der Waals surface area contributed by atoms with Crippen LogP contribution in [0.25, 0.3) is 0 Å². The highest BCUT2D eigenvalue weighted by atomic mass is 16.5. The van der Waals surface area contributed by atoms with Gasteiger partial charge in [-0.05, 0) is 19.3 Å². The molecule has 0 bridgehead atoms. The van der Waals surface area contributed by atoms with Crippen molar-refractivity contribution < 1.29 is 14.6 Å². The van der Waals surface area contributed by atoms with E-state index in [1.165, 1.54) is 12.8 Å². The van der Waals surface area contributed by atoms with Crippen molar-refractivity contribution in [1.82, 2.24) is 4.90 Å². The van der Waals surface area contributed by atoms with Crippen molar-refractivity contribution in [2.75, 3.05) is 13.2 Å². The number of nitrogens with zero attached hydrogens (tertiary/aromatic N) is 1. The molecule has 2 rings (SSSR count). The van der Waals surface area contributed by atoms with Crippen LogP contribution in [-0.2, 0) is 9.53 Å². The molecule has 4 heteroatoms. The molecule has 3 unspecified atom stereocenters. The van der Waals surface area contributed by atoms with E-state index in [9.17, 15) is 9.90 Å². The molecule has 0 aromatic rings. The topological polar surface area (TPSA) is 49.8 Å². The van der Waals surface area contributed by atoms with E-state index in [0.29, 0.717) is 19.1 Å². The SMILES string of the molecule is CCC(C(=O)O)N1CCOC2CCCCC21. The summed E-state index contributed by atoms with van der Waals surface area (Å²) in [6.07, 6.45) is 5.57. The molecule has 1 heterocycles. The molecule has 0 spiro atoms. The van der Waals surface area contributed by atoms with Gasteiger partial charge in [-0.25, -0.2) is 0 Å². The van der Waals surface area contributed by atoms with E-state index in [1.54, 1.807) is 0 Å². The third-order valence-corrected chi connectivity index (χ3v) is 3.85. The number of carboxylic acid groups (broad SMARTS) is 1. The molecule has 2 aliphatic rings. The summed E-state index contributed by atoms with van der Waals surface area (Å²) >= 11 is 0. The number of fused-ring (bicyclic) bond motifs is 1. The van der Waals surface area contributed by atoms with Gasteiger partial charge in [0, 0.05) is 12.6 Å². The van der Waals surface area contributed by atoms with Gasteiger partial charge in [0.1, 0.15) is 6.04 Å². The predicted octanol–water partition coefficient (Wildman–Crippen LogP) is 1.49. The van der Waals surface area contributed by atoms with Gasteiger partial charge in [0.2, 0.25) is 0 Å². The highest BCUT2D eigenvalue weighted by molar-refractivity contribution is 5.73. The fourth-order valence-corrected chi connectivity index (χ4v) is 3.06. The average molecular weight is 227 g/mol. The Balaban J connectivity index is 2.09. The molecule has 92 valence electrons. The minimum absolute atomic E-state index is 0.274. The molecule has 2 fully saturated rings. The summed E-state index contributed by atoms with van der Waals surface area (Å²) in [5.74, 6) is -0.686. The second kappa shape index (κ2) is 5.15. The molecule has 1 saturated heterocycles. The standard InChI is InChI=1S/C12H21NO3/c1-2-9(12(14)15)13-7-8-16-11-6-4-3-5-10(11)13/h9-11H,2-8H2,1H3,(H,14,15). The van der Waals surface area contributed by atoms with Crippen LogP contribution in [0.3, 0.4) is 0 Å². The smallest absolute Gasteiger partial charge is 0.320 e. The maximum atomic E-state index is 11.2. The number of morpholine rings is 1. The van der Waals surface area contributed by atoms with Gasteiger partial charge in [-0.3, -0.25) is 9.69 Å². The minimum Gasteiger partial charge on any atom is -0.480 e. The summed E-state index contributed by atoms with van der Waals surface area (Å²) in [5.41, 5.74) is 0. The number of hydrogen-bond donors (Lipinski definition) is 1. The number of ether oxygens (including phenoxy) is 1. The van der Waals surface area contributed by atoms with Crippen molar-refractivity contribution in [3.8, 4) is 0 Å². The molecule has 3 atom stereocenters. The van der Waals surface area contributed by atoms with E-state index in [0.717, 1.165) is 19.4 Å². The van der Waals surface area contributed by atoms with E-state index in [2.05, 4.69) is 4.90 Å². The van der Waals surface area contributed by atoms with E-state index in [4.69, 9.17) is 4.74 Å². The largest absolute Gasteiger partial charge is 0.480 e. The molecule has 16 heavy (non-hydrogen) atoms. The predicted molar refractivity (Wildman–Crippen MR) is 60.4 cm³/mol. The Morgan fingerprint density at radius 2 is 2.25 bits per heavy atom. The molecule has 1 saturated carbocycles. The van der Waals surface area contributed by atoms with Crippen LogP contribution in [0, 0.1) is 0 Å². The van der Waals surface area contributed by atoms with Crippen LogP contribution in [0.1, 0.15) is 39.0 Å². The van der Waals surface area contributed by atoms with Crippen molar-refractivity contribution in [1.29, 1.82) is 0 Å². The van der Waals surface area contributed by atoms with Gasteiger partial charge in [0.25, 0.3) is 0 Å². The summed E-state index contributed by atoms with van der Waals surface area (Å²) in [6, 6.07) is 0.0121. The maximum absolute atomic E-state index is 11.2. The van der Waals surface area contributed by atoms with E-state index >= 15 is 0 Å². The van der Waals surface area contributed by atoms with Gasteiger partial charge in [-0.1, -0.05) is 19.8 Å². The Kier molecular flexibility index (Phi) is 3.82. The lowest BCUT2D eigenvalue weighted by atomic mass is 9.89. The molecular formula is C12H21NO3. The first kappa shape index (κ1) is 11.9. The third kappa shape index (κ3) is 2.23. The van der Waals surface area contributed by atoms with Gasteiger partial charge in [0.15, 0.2) is 0 Å². The van der Waals surface area contributed by atoms with Gasteiger partial charge in [-0.15, -0.1) is 0 Å². The third-order valence-electron chi connectivity index (χ3n) is 3.85. The lowest BCUT2D eigenvalue weighted by molar-refractivity contribution is -0.153. The highest BCUT2D eigenvalue weighted by Crippen LogP contribution is 2.30. The average Bonchev–Trinajstić information content (AvgIpc) is 2.30. The number of aliphatic carboxylic acids is 1. The van der Waals surface area contributed by atoms with Crippen LogP contribution in [0.5, 0.6) is 0 Å². The second-order valence-corrected chi connectivity index (χ2v) is 4.76. The Morgan fingerprint density at radius 1 is 1.50 bits per heavy atom. The maximum Gasteiger partial charge on any atom is 0.320 e. The summed E-state index contributed by atoms with van der Waals surface area (Å²) in [6.45, 7) is 3.41. The quantitative estimate of drug-likeness (QED) is 0.793. The van der Waals surface area contributed by atoms with Crippen molar-refractivity contribution in [2.24, 2.45) is 0 Å². The summed E-state index contributed by atoms with van der Waals surface area (Å²) < 4.78 is 5.75. The van der Waals surface area contributed by atoms with Gasteiger partial charge in [-0.2, -0.15) is 0 Å². The monoisotopic (exact) mass is 227 g/mol. The van der Waals surface area contributed by atoms with Crippen molar-refractivity contribution in [2.45, 2.75) is 57.2 Å². The van der Waals surface area contributed by atoms with Crippen molar-refractivity contribution in [3.05, 3.63) is 0 Å². The number of hydrogen-bond acceptors (Lipinski definition) is 3. The van der Waals surface area contributed by atoms with Crippen LogP contribution in [-0.4, -0.2) is 47.3 Å². The zero-order chi connectivity index (χ0) is 11.5. The second-order valence-electron chi connectivity index (χ2n) is 4.76. The number of carbonyl (C=O) groups is 1. The zero-order valence-corrected chi connectivity index (χ0v) is 9.89. The molecule has 0 aromatic heterocycles. The Morgan fingerprint density at radius 3 is 2.94 bits per heavy atom. The van der Waals surface area contributed by atoms with E-state index in [-0.39, 0.29) is 12.1 Å². The van der Waals surface area contributed by atoms with Crippen molar-refractivity contribution in [3.63, 3.8) is 0 Å². The number of carboxylic acids is 1. The van der Waals surface area contributed by atoms with E-state index < -0.39 is 5.97 Å². The van der Waals surface area contributed by atoms with Gasteiger partial charge < -0.3 is 9.84 Å². The molecule has 0 amide bonds. The van der Waals surface area contributed by atoms with Crippen LogP contribution in [0.2, 0.25) is 0 Å². The molecule has 0 radical (unpaired) electrons. The Labute approximate surface area is 96.6 Å². The lowest BCUT2D eigenvalue weighted by Gasteiger charge is -2.46. The Hall–Kier alpha value is -0.610. The van der Waals surface area contributed by atoms with Crippen LogP contribution in [0.15, 0.2) is 0 Å². The molecule has 1 aliphatic carbocycles. The van der Waals surface area contributed by atoms with Gasteiger partial charge in [0.05, 0.1) is 12.7 Å². The zero-order valence-electron chi connectivity index (χ0n) is 9.89. The minimum atomic E-state index is -0.686. The fourth-order valence-electron chi connectivity index (χ4n) is 3.06. The van der Waals surface area contributed by atoms with Crippen LogP contribution >= 0.6 is 0 Å². The first-order valence-corrected chi connectivity index (χ1v) is 6.34. The molecule has 1 aliphatic heterocycles. The first-order valence-electron chi connectivity index (χ1n) is 6.34. The fraction of sp³-hybridized carbons (Fsp3) is 0.917. The van der Waals surface area contributed by atoms with Gasteiger partial charge >= 0.3 is 5.97 Å². The molecule has 0 aromatic carbocycles. The summed E-state index contributed by atoms with van der Waals surface area (Å²) in [4.78, 5) is 13.4. The van der Waals surface area contributed by atoms with E-state index in [1.807, 2.05) is 6.92 Å². The molecule has 4 nitrogen and oxygen atoms in total. The first-order chi connectivity index (χ1) is 7.74. The Bertz CT molecular complexity index is 255. The highest BCUT2D eigenvalue weighted by Gasteiger charge is 2.39. The molecule has 1 N–H and O–H groups in total. The summed E-state index contributed by atoms with van der Waals surface area (Å²) in [7, 11) is 0. The molecular weight excluding hydrogens is 206 g/mol. The lowest BCUT2D eigenvalue weighted by Crippen LogP contribution is -2.58. The van der Waals surface area contributed by atoms with Crippen molar-refractivity contribution >= 4 is 5.97 Å². The summed E-state index contributed by atoms with van der Waals surface area (Å²) in [5, 5.41) is 9.23. The normalized spacial score (nSPS) is 33.1. The van der Waals surface area contributed by atoms with Crippen LogP contribution in [0.4, 0.5) is 0 Å².